The number of anilines is 3. The summed E-state index contributed by atoms with van der Waals surface area (Å²) in [5.74, 6) is 1.73. The summed E-state index contributed by atoms with van der Waals surface area (Å²) in [6.07, 6.45) is 4.45. The van der Waals surface area contributed by atoms with E-state index in [2.05, 4.69) is 56.4 Å². The van der Waals surface area contributed by atoms with Crippen LogP contribution >= 0.6 is 0 Å². The largest absolute Gasteiger partial charge is 0.364 e. The molecular formula is C19H19N5. The van der Waals surface area contributed by atoms with Crippen molar-refractivity contribution in [1.29, 1.82) is 0 Å². The monoisotopic (exact) mass is 317 g/mol. The molecule has 0 spiro atoms. The molecule has 0 fully saturated rings. The number of nitrogens with zero attached hydrogens (tertiary/aromatic N) is 4. The third-order valence-electron chi connectivity index (χ3n) is 4.28. The highest BCUT2D eigenvalue weighted by Gasteiger charge is 2.27. The van der Waals surface area contributed by atoms with Gasteiger partial charge in [-0.2, -0.15) is 0 Å². The molecule has 0 aliphatic carbocycles. The molecule has 1 aliphatic rings. The highest BCUT2D eigenvalue weighted by atomic mass is 15.2. The van der Waals surface area contributed by atoms with Crippen LogP contribution in [-0.4, -0.2) is 21.0 Å². The van der Waals surface area contributed by atoms with Crippen LogP contribution in [-0.2, 0) is 13.0 Å². The first kappa shape index (κ1) is 14.6. The summed E-state index contributed by atoms with van der Waals surface area (Å²) in [5, 5.41) is 3.32. The quantitative estimate of drug-likeness (QED) is 0.797. The van der Waals surface area contributed by atoms with Crippen LogP contribution in [0.2, 0.25) is 0 Å². The Morgan fingerprint density at radius 1 is 1.08 bits per heavy atom. The van der Waals surface area contributed by atoms with Crippen LogP contribution in [0.25, 0.3) is 0 Å². The Morgan fingerprint density at radius 2 is 1.96 bits per heavy atom. The predicted octanol–water partition coefficient (Wildman–Crippen LogP) is 3.57. The van der Waals surface area contributed by atoms with E-state index in [1.54, 1.807) is 12.5 Å². The molecule has 2 aromatic heterocycles. The van der Waals surface area contributed by atoms with E-state index in [1.165, 1.54) is 11.3 Å². The number of benzene rings is 1. The lowest BCUT2D eigenvalue weighted by atomic mass is 10.1. The fraction of sp³-hybridized carbons (Fsp3) is 0.211. The van der Waals surface area contributed by atoms with Gasteiger partial charge in [0.25, 0.3) is 0 Å². The third kappa shape index (κ3) is 2.80. The molecule has 1 N–H and O–H groups in total. The highest BCUT2D eigenvalue weighted by molar-refractivity contribution is 5.69. The van der Waals surface area contributed by atoms with Gasteiger partial charge in [0.05, 0.1) is 12.2 Å². The number of para-hydroxylation sites is 1. The second-order valence-corrected chi connectivity index (χ2v) is 5.99. The van der Waals surface area contributed by atoms with Crippen LogP contribution in [0.5, 0.6) is 0 Å². The summed E-state index contributed by atoms with van der Waals surface area (Å²) in [5.41, 5.74) is 3.59. The summed E-state index contributed by atoms with van der Waals surface area (Å²) in [7, 11) is 0. The zero-order valence-corrected chi connectivity index (χ0v) is 13.6. The lowest BCUT2D eigenvalue weighted by Crippen LogP contribution is -2.25. The van der Waals surface area contributed by atoms with Crippen molar-refractivity contribution in [3.05, 3.63) is 72.3 Å². The van der Waals surface area contributed by atoms with Gasteiger partial charge in [-0.05, 0) is 37.1 Å². The second kappa shape index (κ2) is 6.28. The summed E-state index contributed by atoms with van der Waals surface area (Å²) < 4.78 is 0. The molecule has 5 heteroatoms. The van der Waals surface area contributed by atoms with Gasteiger partial charge in [0.2, 0.25) is 0 Å². The van der Waals surface area contributed by atoms with E-state index in [4.69, 9.17) is 0 Å². The molecule has 24 heavy (non-hydrogen) atoms. The van der Waals surface area contributed by atoms with Crippen molar-refractivity contribution in [3.8, 4) is 0 Å². The first-order valence-corrected chi connectivity index (χ1v) is 8.14. The van der Waals surface area contributed by atoms with Crippen molar-refractivity contribution in [3.63, 3.8) is 0 Å². The molecular weight excluding hydrogens is 298 g/mol. The standard InChI is InChI=1S/C19H19N5/c1-14-10-15-6-2-3-8-17(15)24(14)19-11-18(22-13-23-19)21-12-16-7-4-5-9-20-16/h2-9,11,13-14H,10,12H2,1H3,(H,21,22,23). The summed E-state index contributed by atoms with van der Waals surface area (Å²) in [4.78, 5) is 15.4. The van der Waals surface area contributed by atoms with Crippen molar-refractivity contribution in [1.82, 2.24) is 15.0 Å². The van der Waals surface area contributed by atoms with Crippen LogP contribution < -0.4 is 10.2 Å². The van der Waals surface area contributed by atoms with E-state index in [9.17, 15) is 0 Å². The summed E-state index contributed by atoms with van der Waals surface area (Å²) >= 11 is 0. The molecule has 3 aromatic rings. The third-order valence-corrected chi connectivity index (χ3v) is 4.28. The van der Waals surface area contributed by atoms with Crippen molar-refractivity contribution in [2.24, 2.45) is 0 Å². The minimum atomic E-state index is 0.390. The number of pyridine rings is 1. The smallest absolute Gasteiger partial charge is 0.138 e. The fourth-order valence-corrected chi connectivity index (χ4v) is 3.17. The molecule has 3 heterocycles. The van der Waals surface area contributed by atoms with Crippen LogP contribution in [0.4, 0.5) is 17.3 Å². The lowest BCUT2D eigenvalue weighted by molar-refractivity contribution is 0.749. The Balaban J connectivity index is 1.57. The first-order valence-electron chi connectivity index (χ1n) is 8.14. The van der Waals surface area contributed by atoms with Gasteiger partial charge in [-0.25, -0.2) is 9.97 Å². The maximum atomic E-state index is 4.48. The van der Waals surface area contributed by atoms with E-state index in [0.717, 1.165) is 23.8 Å². The Labute approximate surface area is 141 Å². The molecule has 120 valence electrons. The molecule has 1 unspecified atom stereocenters. The molecule has 1 aromatic carbocycles. The number of rotatable bonds is 4. The van der Waals surface area contributed by atoms with Gasteiger partial charge in [0, 0.05) is 24.0 Å². The van der Waals surface area contributed by atoms with Crippen LogP contribution in [0, 0.1) is 0 Å². The van der Waals surface area contributed by atoms with Gasteiger partial charge in [0.1, 0.15) is 18.0 Å². The second-order valence-electron chi connectivity index (χ2n) is 5.99. The molecule has 5 nitrogen and oxygen atoms in total. The molecule has 1 aliphatic heterocycles. The van der Waals surface area contributed by atoms with E-state index in [1.807, 2.05) is 24.3 Å². The number of nitrogens with one attached hydrogen (secondary N) is 1. The number of hydrogen-bond donors (Lipinski definition) is 1. The first-order chi connectivity index (χ1) is 11.8. The fourth-order valence-electron chi connectivity index (χ4n) is 3.17. The molecule has 0 amide bonds. The average Bonchev–Trinajstić information content (AvgIpc) is 2.97. The topological polar surface area (TPSA) is 53.9 Å². The van der Waals surface area contributed by atoms with Gasteiger partial charge in [-0.3, -0.25) is 4.98 Å². The maximum Gasteiger partial charge on any atom is 0.138 e. The Kier molecular flexibility index (Phi) is 3.83. The van der Waals surface area contributed by atoms with Gasteiger partial charge >= 0.3 is 0 Å². The van der Waals surface area contributed by atoms with Crippen LogP contribution in [0.1, 0.15) is 18.2 Å². The average molecular weight is 317 g/mol. The van der Waals surface area contributed by atoms with Crippen molar-refractivity contribution in [2.75, 3.05) is 10.2 Å². The van der Waals surface area contributed by atoms with E-state index in [0.29, 0.717) is 12.6 Å². The predicted molar refractivity (Wildman–Crippen MR) is 95.3 cm³/mol. The Bertz CT molecular complexity index is 834. The Morgan fingerprint density at radius 3 is 2.83 bits per heavy atom. The van der Waals surface area contributed by atoms with Gasteiger partial charge in [-0.15, -0.1) is 0 Å². The minimum Gasteiger partial charge on any atom is -0.364 e. The van der Waals surface area contributed by atoms with Crippen LogP contribution in [0.3, 0.4) is 0 Å². The van der Waals surface area contributed by atoms with Gasteiger partial charge < -0.3 is 10.2 Å². The maximum absolute atomic E-state index is 4.48. The minimum absolute atomic E-state index is 0.390. The van der Waals surface area contributed by atoms with Crippen molar-refractivity contribution in [2.45, 2.75) is 25.9 Å². The normalized spacial score (nSPS) is 16.0. The molecule has 0 saturated carbocycles. The molecule has 0 saturated heterocycles. The van der Waals surface area contributed by atoms with Gasteiger partial charge in [0.15, 0.2) is 0 Å². The molecule has 0 bridgehead atoms. The summed E-state index contributed by atoms with van der Waals surface area (Å²) in [6, 6.07) is 16.8. The van der Waals surface area contributed by atoms with E-state index >= 15 is 0 Å². The van der Waals surface area contributed by atoms with E-state index < -0.39 is 0 Å². The number of fused-ring (bicyclic) bond motifs is 1. The number of hydrogen-bond acceptors (Lipinski definition) is 5. The van der Waals surface area contributed by atoms with E-state index in [-0.39, 0.29) is 0 Å². The van der Waals surface area contributed by atoms with Crippen molar-refractivity contribution < 1.29 is 0 Å². The van der Waals surface area contributed by atoms with Crippen LogP contribution in [0.15, 0.2) is 61.1 Å². The zero-order valence-electron chi connectivity index (χ0n) is 13.6. The van der Waals surface area contributed by atoms with Gasteiger partial charge in [-0.1, -0.05) is 24.3 Å². The highest BCUT2D eigenvalue weighted by Crippen LogP contribution is 2.37. The molecule has 1 atom stereocenters. The molecule has 4 rings (SSSR count). The summed E-state index contributed by atoms with van der Waals surface area (Å²) in [6.45, 7) is 2.87. The molecule has 0 radical (unpaired) electrons. The Hall–Kier alpha value is -2.95. The van der Waals surface area contributed by atoms with Crippen molar-refractivity contribution >= 4 is 17.3 Å². The number of aromatic nitrogens is 3. The SMILES string of the molecule is CC1Cc2ccccc2N1c1cc(NCc2ccccn2)ncn1. The zero-order chi connectivity index (χ0) is 16.4. The lowest BCUT2D eigenvalue weighted by Gasteiger charge is -2.24.